The molecule has 37 heavy (non-hydrogen) atoms. The van der Waals surface area contributed by atoms with E-state index in [4.69, 9.17) is 9.68 Å². The number of halogens is 1. The second-order valence-electron chi connectivity index (χ2n) is 9.94. The topological polar surface area (TPSA) is 125 Å². The van der Waals surface area contributed by atoms with Crippen molar-refractivity contribution in [3.05, 3.63) is 22.8 Å². The van der Waals surface area contributed by atoms with E-state index in [2.05, 4.69) is 30.7 Å². The Morgan fingerprint density at radius 1 is 0.838 bits per heavy atom. The molecule has 11 nitrogen and oxygen atoms in total. The Labute approximate surface area is 226 Å². The highest BCUT2D eigenvalue weighted by molar-refractivity contribution is 8.13. The third-order valence-corrected chi connectivity index (χ3v) is 7.03. The Bertz CT molecular complexity index is 1030. The number of alkyl halides is 1. The van der Waals surface area contributed by atoms with E-state index in [0.29, 0.717) is 28.6 Å². The Hall–Kier alpha value is -2.19. The van der Waals surface area contributed by atoms with Crippen LogP contribution in [0.15, 0.2) is 10.3 Å². The van der Waals surface area contributed by atoms with Crippen LogP contribution in [0.1, 0.15) is 96.9 Å². The molecule has 4 rings (SSSR count). The summed E-state index contributed by atoms with van der Waals surface area (Å²) in [6.07, 6.45) is -0.125. The number of hydrogen-bond acceptors (Lipinski definition) is 11. The molecular formula is C23H39FN8O3S2. The maximum Gasteiger partial charge on any atom is 0.143 e. The summed E-state index contributed by atoms with van der Waals surface area (Å²) in [7, 11) is 3.44. The number of oxime groups is 2. The molecule has 0 saturated carbocycles. The maximum atomic E-state index is 13.4. The molecule has 0 amide bonds. The van der Waals surface area contributed by atoms with Gasteiger partial charge in [0.1, 0.15) is 38.8 Å². The molecule has 2 unspecified atom stereocenters. The van der Waals surface area contributed by atoms with Gasteiger partial charge in [-0.25, -0.2) is 4.39 Å². The summed E-state index contributed by atoms with van der Waals surface area (Å²) < 4.78 is 13.4. The van der Waals surface area contributed by atoms with Gasteiger partial charge in [0.2, 0.25) is 0 Å². The maximum absolute atomic E-state index is 13.4. The SMILES string of the molecule is C.CC(F)c1nn(C)nc1CSC1=NOC(C)(C)C1.CC(O)c1nn(C)nc1CSC1=NOC(C)(C)C1. The predicted octanol–water partition coefficient (Wildman–Crippen LogP) is 4.84. The molecule has 14 heteroatoms. The van der Waals surface area contributed by atoms with E-state index in [-0.39, 0.29) is 18.6 Å². The second-order valence-corrected chi connectivity index (χ2v) is 12.0. The van der Waals surface area contributed by atoms with Crippen LogP contribution in [-0.4, -0.2) is 56.4 Å². The molecule has 0 aliphatic carbocycles. The zero-order valence-electron chi connectivity index (χ0n) is 22.0. The zero-order chi connectivity index (χ0) is 26.7. The van der Waals surface area contributed by atoms with Crippen LogP contribution in [0.5, 0.6) is 0 Å². The van der Waals surface area contributed by atoms with Crippen molar-refractivity contribution in [1.82, 2.24) is 30.0 Å². The van der Waals surface area contributed by atoms with Crippen molar-refractivity contribution in [1.29, 1.82) is 0 Å². The summed E-state index contributed by atoms with van der Waals surface area (Å²) in [6.45, 7) is 11.2. The number of thioether (sulfide) groups is 2. The van der Waals surface area contributed by atoms with Gasteiger partial charge < -0.3 is 14.8 Å². The van der Waals surface area contributed by atoms with Crippen LogP contribution in [0.3, 0.4) is 0 Å². The average Bonchev–Trinajstić information content (AvgIpc) is 3.51. The number of aliphatic hydroxyl groups excluding tert-OH is 1. The summed E-state index contributed by atoms with van der Waals surface area (Å²) in [5.41, 5.74) is 2.06. The van der Waals surface area contributed by atoms with Gasteiger partial charge in [0.15, 0.2) is 0 Å². The first-order chi connectivity index (χ1) is 16.7. The molecule has 2 aromatic heterocycles. The van der Waals surface area contributed by atoms with Gasteiger partial charge in [0.05, 0.1) is 17.5 Å². The number of aryl methyl sites for hydroxylation is 2. The van der Waals surface area contributed by atoms with Crippen LogP contribution < -0.4 is 0 Å². The fraction of sp³-hybridized carbons (Fsp3) is 0.739. The minimum atomic E-state index is -1.10. The summed E-state index contributed by atoms with van der Waals surface area (Å²) in [5.74, 6) is 1.21. The van der Waals surface area contributed by atoms with Crippen LogP contribution in [0, 0.1) is 0 Å². The van der Waals surface area contributed by atoms with E-state index in [1.54, 1.807) is 32.8 Å². The van der Waals surface area contributed by atoms with Gasteiger partial charge in [-0.15, -0.1) is 23.5 Å². The van der Waals surface area contributed by atoms with Crippen molar-refractivity contribution < 1.29 is 19.2 Å². The Kier molecular flexibility index (Phi) is 10.5. The van der Waals surface area contributed by atoms with Crippen molar-refractivity contribution in [2.24, 2.45) is 24.4 Å². The highest BCUT2D eigenvalue weighted by atomic mass is 32.2. The molecule has 208 valence electrons. The summed E-state index contributed by atoms with van der Waals surface area (Å²) in [5, 5.41) is 36.2. The fourth-order valence-electron chi connectivity index (χ4n) is 3.43. The first-order valence-electron chi connectivity index (χ1n) is 11.6. The number of hydrogen-bond donors (Lipinski definition) is 1. The minimum absolute atomic E-state index is 0. The molecule has 0 fully saturated rings. The molecular weight excluding hydrogens is 519 g/mol. The third kappa shape index (κ3) is 8.95. The third-order valence-electron chi connectivity index (χ3n) is 5.09. The van der Waals surface area contributed by atoms with Gasteiger partial charge in [-0.3, -0.25) is 0 Å². The standard InChI is InChI=1S/C11H17FN4OS.C11H18N4O2S.CH4/c1-7(12)10-8(13-16(4)14-10)6-18-9-5-11(2,3)17-15-9;1-7(16)10-8(12-15(4)13-10)6-18-9-5-11(2,3)17-14-9;/h7H,5-6H2,1-4H3;7,16H,5-6H2,1-4H3;1H4. The van der Waals surface area contributed by atoms with Crippen LogP contribution in [0.2, 0.25) is 0 Å². The first-order valence-corrected chi connectivity index (χ1v) is 13.6. The molecule has 2 aliphatic heterocycles. The molecule has 0 radical (unpaired) electrons. The molecule has 0 bridgehead atoms. The molecule has 2 aliphatic rings. The molecule has 4 heterocycles. The van der Waals surface area contributed by atoms with Crippen molar-refractivity contribution in [3.8, 4) is 0 Å². The molecule has 2 aromatic rings. The zero-order valence-corrected chi connectivity index (χ0v) is 23.7. The van der Waals surface area contributed by atoms with E-state index in [1.165, 1.54) is 28.3 Å². The van der Waals surface area contributed by atoms with Gasteiger partial charge in [-0.2, -0.15) is 30.0 Å². The van der Waals surface area contributed by atoms with Crippen molar-refractivity contribution in [2.45, 2.75) is 96.8 Å². The number of nitrogens with zero attached hydrogens (tertiary/aromatic N) is 8. The minimum Gasteiger partial charge on any atom is -0.389 e. The Morgan fingerprint density at radius 3 is 1.59 bits per heavy atom. The highest BCUT2D eigenvalue weighted by Gasteiger charge is 2.30. The lowest BCUT2D eigenvalue weighted by Gasteiger charge is -2.12. The number of aliphatic hydroxyl groups is 1. The van der Waals surface area contributed by atoms with Gasteiger partial charge >= 0.3 is 0 Å². The number of aromatic nitrogens is 6. The summed E-state index contributed by atoms with van der Waals surface area (Å²) in [6, 6.07) is 0. The van der Waals surface area contributed by atoms with E-state index in [9.17, 15) is 9.50 Å². The van der Waals surface area contributed by atoms with Crippen LogP contribution in [0.4, 0.5) is 4.39 Å². The monoisotopic (exact) mass is 558 g/mol. The summed E-state index contributed by atoms with van der Waals surface area (Å²) in [4.78, 5) is 13.5. The van der Waals surface area contributed by atoms with Gasteiger partial charge in [-0.1, -0.05) is 17.7 Å². The average molecular weight is 559 g/mol. The summed E-state index contributed by atoms with van der Waals surface area (Å²) >= 11 is 3.11. The molecule has 0 saturated heterocycles. The first kappa shape index (κ1) is 31.0. The number of rotatable bonds is 6. The van der Waals surface area contributed by atoms with E-state index in [0.717, 1.165) is 28.6 Å². The molecule has 2 atom stereocenters. The molecule has 1 N–H and O–H groups in total. The van der Waals surface area contributed by atoms with E-state index in [1.807, 2.05) is 27.7 Å². The largest absolute Gasteiger partial charge is 0.389 e. The Morgan fingerprint density at radius 2 is 1.24 bits per heavy atom. The van der Waals surface area contributed by atoms with Crippen LogP contribution >= 0.6 is 23.5 Å². The van der Waals surface area contributed by atoms with Gasteiger partial charge in [-0.05, 0) is 41.5 Å². The van der Waals surface area contributed by atoms with Gasteiger partial charge in [0, 0.05) is 38.4 Å². The van der Waals surface area contributed by atoms with Gasteiger partial charge in [0.25, 0.3) is 0 Å². The van der Waals surface area contributed by atoms with E-state index >= 15 is 0 Å². The highest BCUT2D eigenvalue weighted by Crippen LogP contribution is 2.31. The predicted molar refractivity (Wildman–Crippen MR) is 146 cm³/mol. The smallest absolute Gasteiger partial charge is 0.143 e. The lowest BCUT2D eigenvalue weighted by molar-refractivity contribution is 0.0120. The fourth-order valence-corrected chi connectivity index (χ4v) is 5.52. The van der Waals surface area contributed by atoms with Crippen LogP contribution in [-0.2, 0) is 35.3 Å². The van der Waals surface area contributed by atoms with Crippen molar-refractivity contribution >= 4 is 33.6 Å². The Balaban J connectivity index is 0.000000253. The lowest BCUT2D eigenvalue weighted by Crippen LogP contribution is -2.18. The lowest BCUT2D eigenvalue weighted by atomic mass is 10.1. The van der Waals surface area contributed by atoms with Crippen LogP contribution in [0.25, 0.3) is 0 Å². The normalized spacial score (nSPS) is 19.0. The van der Waals surface area contributed by atoms with E-state index < -0.39 is 12.3 Å². The van der Waals surface area contributed by atoms with Crippen molar-refractivity contribution in [2.75, 3.05) is 0 Å². The van der Waals surface area contributed by atoms with Crippen molar-refractivity contribution in [3.63, 3.8) is 0 Å². The molecule has 0 spiro atoms. The quantitative estimate of drug-likeness (QED) is 0.530. The second kappa shape index (κ2) is 12.6. The molecule has 0 aromatic carbocycles.